The Kier molecular flexibility index (Phi) is 4.91. The van der Waals surface area contributed by atoms with Gasteiger partial charge in [0.1, 0.15) is 5.69 Å². The van der Waals surface area contributed by atoms with Crippen LogP contribution in [0, 0.1) is 0 Å². The number of anilines is 1. The van der Waals surface area contributed by atoms with E-state index in [-0.39, 0.29) is 38.5 Å². The molecule has 2 heterocycles. The number of nitrogens with zero attached hydrogens (tertiary/aromatic N) is 2. The molecule has 0 aliphatic carbocycles. The quantitative estimate of drug-likeness (QED) is 0.457. The minimum Gasteiger partial charge on any atom is -0.436 e. The van der Waals surface area contributed by atoms with Crippen LogP contribution in [-0.2, 0) is 6.18 Å². The zero-order valence-corrected chi connectivity index (χ0v) is 16.2. The Hall–Kier alpha value is -3.10. The lowest BCUT2D eigenvalue weighted by atomic mass is 10.1. The van der Waals surface area contributed by atoms with Gasteiger partial charge in [0, 0.05) is 6.07 Å². The number of benzene rings is 2. The topological polar surface area (TPSA) is 59.5 Å². The monoisotopic (exact) mass is 452 g/mol. The SMILES string of the molecule is O=C1c2ccccc2C(=O)N1c1cc(Cl)c(Oc2cccc(C(F)(F)F)n2)c(Cl)c1. The standard InChI is InChI=1S/C20H9Cl2F3N2O3/c21-13-8-10(27-18(28)11-4-1-2-5-12(11)19(27)29)9-14(22)17(13)30-16-7-3-6-15(26-16)20(23,24)25/h1-9H. The van der Waals surface area contributed by atoms with Gasteiger partial charge in [-0.25, -0.2) is 9.88 Å². The molecule has 4 rings (SSSR count). The summed E-state index contributed by atoms with van der Waals surface area (Å²) in [5, 5.41) is -0.235. The summed E-state index contributed by atoms with van der Waals surface area (Å²) >= 11 is 12.4. The first-order valence-electron chi connectivity index (χ1n) is 8.36. The average Bonchev–Trinajstić information content (AvgIpc) is 2.95. The van der Waals surface area contributed by atoms with E-state index in [1.165, 1.54) is 30.3 Å². The zero-order valence-electron chi connectivity index (χ0n) is 14.7. The van der Waals surface area contributed by atoms with Crippen LogP contribution in [0.1, 0.15) is 26.4 Å². The van der Waals surface area contributed by atoms with Gasteiger partial charge in [0.05, 0.1) is 26.9 Å². The van der Waals surface area contributed by atoms with Crippen LogP contribution >= 0.6 is 23.2 Å². The predicted octanol–water partition coefficient (Wildman–Crippen LogP) is 6.00. The first-order chi connectivity index (χ1) is 14.2. The van der Waals surface area contributed by atoms with Crippen LogP contribution in [0.3, 0.4) is 0 Å². The molecule has 0 unspecified atom stereocenters. The molecule has 10 heteroatoms. The van der Waals surface area contributed by atoms with Crippen LogP contribution in [0.25, 0.3) is 0 Å². The third kappa shape index (κ3) is 3.48. The molecule has 5 nitrogen and oxygen atoms in total. The summed E-state index contributed by atoms with van der Waals surface area (Å²) in [7, 11) is 0. The second-order valence-electron chi connectivity index (χ2n) is 6.19. The molecule has 0 N–H and O–H groups in total. The summed E-state index contributed by atoms with van der Waals surface area (Å²) in [6.45, 7) is 0. The summed E-state index contributed by atoms with van der Waals surface area (Å²) in [4.78, 5) is 29.5. The summed E-state index contributed by atoms with van der Waals surface area (Å²) in [5.74, 6) is -1.63. The Labute approximate surface area is 177 Å². The Balaban J connectivity index is 1.67. The number of aromatic nitrogens is 1. The van der Waals surface area contributed by atoms with Gasteiger partial charge in [-0.1, -0.05) is 41.4 Å². The fraction of sp³-hybridized carbons (Fsp3) is 0.0500. The molecule has 30 heavy (non-hydrogen) atoms. The third-order valence-corrected chi connectivity index (χ3v) is 4.82. The lowest BCUT2D eigenvalue weighted by molar-refractivity contribution is -0.141. The number of alkyl halides is 3. The first-order valence-corrected chi connectivity index (χ1v) is 9.11. The van der Waals surface area contributed by atoms with Crippen LogP contribution in [0.5, 0.6) is 11.6 Å². The second kappa shape index (κ2) is 7.30. The normalized spacial score (nSPS) is 13.6. The third-order valence-electron chi connectivity index (χ3n) is 4.26. The Morgan fingerprint density at radius 3 is 1.97 bits per heavy atom. The summed E-state index contributed by atoms with van der Waals surface area (Å²) < 4.78 is 43.9. The maximum Gasteiger partial charge on any atom is 0.433 e. The van der Waals surface area contributed by atoms with Gasteiger partial charge < -0.3 is 4.74 Å². The zero-order chi connectivity index (χ0) is 21.6. The number of amides is 2. The highest BCUT2D eigenvalue weighted by Crippen LogP contribution is 2.41. The second-order valence-corrected chi connectivity index (χ2v) is 7.01. The van der Waals surface area contributed by atoms with E-state index in [4.69, 9.17) is 27.9 Å². The lowest BCUT2D eigenvalue weighted by Crippen LogP contribution is -2.29. The average molecular weight is 453 g/mol. The molecular formula is C20H9Cl2F3N2O3. The number of halogens is 5. The van der Waals surface area contributed by atoms with E-state index in [9.17, 15) is 22.8 Å². The Bertz CT molecular complexity index is 1140. The van der Waals surface area contributed by atoms with E-state index in [2.05, 4.69) is 4.98 Å². The fourth-order valence-electron chi connectivity index (χ4n) is 2.93. The number of imide groups is 1. The van der Waals surface area contributed by atoms with Gasteiger partial charge in [-0.15, -0.1) is 0 Å². The van der Waals surface area contributed by atoms with Gasteiger partial charge in [-0.05, 0) is 30.3 Å². The van der Waals surface area contributed by atoms with E-state index >= 15 is 0 Å². The van der Waals surface area contributed by atoms with Crippen LogP contribution in [0.15, 0.2) is 54.6 Å². The highest BCUT2D eigenvalue weighted by molar-refractivity contribution is 6.39. The van der Waals surface area contributed by atoms with Crippen molar-refractivity contribution in [3.63, 3.8) is 0 Å². The van der Waals surface area contributed by atoms with Crippen molar-refractivity contribution in [3.05, 3.63) is 81.5 Å². The highest BCUT2D eigenvalue weighted by Gasteiger charge is 2.37. The summed E-state index contributed by atoms with van der Waals surface area (Å²) in [6, 6.07) is 12.0. The number of pyridine rings is 1. The minimum absolute atomic E-state index is 0.0977. The van der Waals surface area contributed by atoms with Crippen molar-refractivity contribution in [1.82, 2.24) is 4.98 Å². The summed E-state index contributed by atoms with van der Waals surface area (Å²) in [5.41, 5.74) is -0.568. The van der Waals surface area contributed by atoms with Gasteiger partial charge in [-0.3, -0.25) is 9.59 Å². The van der Waals surface area contributed by atoms with E-state index in [0.717, 1.165) is 17.0 Å². The fourth-order valence-corrected chi connectivity index (χ4v) is 3.48. The number of carbonyl (C=O) groups excluding carboxylic acids is 2. The first kappa shape index (κ1) is 20.2. The molecule has 0 spiro atoms. The van der Waals surface area contributed by atoms with Crippen molar-refractivity contribution in [2.24, 2.45) is 0 Å². The molecule has 0 saturated heterocycles. The smallest absolute Gasteiger partial charge is 0.433 e. The van der Waals surface area contributed by atoms with Crippen molar-refractivity contribution in [2.45, 2.75) is 6.18 Å². The minimum atomic E-state index is -4.65. The lowest BCUT2D eigenvalue weighted by Gasteiger charge is -2.17. The van der Waals surface area contributed by atoms with Gasteiger partial charge in [0.15, 0.2) is 5.75 Å². The molecule has 1 aliphatic heterocycles. The van der Waals surface area contributed by atoms with Gasteiger partial charge >= 0.3 is 6.18 Å². The van der Waals surface area contributed by atoms with Crippen LogP contribution in [-0.4, -0.2) is 16.8 Å². The van der Waals surface area contributed by atoms with Crippen molar-refractivity contribution < 1.29 is 27.5 Å². The maximum absolute atomic E-state index is 12.8. The van der Waals surface area contributed by atoms with Gasteiger partial charge in [-0.2, -0.15) is 13.2 Å². The predicted molar refractivity (Wildman–Crippen MR) is 103 cm³/mol. The number of hydrogen-bond acceptors (Lipinski definition) is 4. The van der Waals surface area contributed by atoms with E-state index in [0.29, 0.717) is 0 Å². The number of fused-ring (bicyclic) bond motifs is 1. The van der Waals surface area contributed by atoms with Crippen LogP contribution in [0.4, 0.5) is 18.9 Å². The maximum atomic E-state index is 12.8. The molecule has 2 amide bonds. The van der Waals surface area contributed by atoms with E-state index < -0.39 is 23.7 Å². The molecule has 0 fully saturated rings. The molecular weight excluding hydrogens is 444 g/mol. The number of carbonyl (C=O) groups is 2. The molecule has 0 bridgehead atoms. The Morgan fingerprint density at radius 2 is 1.43 bits per heavy atom. The van der Waals surface area contributed by atoms with Crippen molar-refractivity contribution >= 4 is 40.7 Å². The van der Waals surface area contributed by atoms with Gasteiger partial charge in [0.25, 0.3) is 11.8 Å². The number of rotatable bonds is 3. The molecule has 1 aliphatic rings. The molecule has 0 radical (unpaired) electrons. The highest BCUT2D eigenvalue weighted by atomic mass is 35.5. The molecule has 3 aromatic rings. The number of hydrogen-bond donors (Lipinski definition) is 0. The van der Waals surface area contributed by atoms with Crippen LogP contribution < -0.4 is 9.64 Å². The molecule has 0 saturated carbocycles. The Morgan fingerprint density at radius 1 is 0.867 bits per heavy atom. The van der Waals surface area contributed by atoms with Gasteiger partial charge in [0.2, 0.25) is 5.88 Å². The molecule has 1 aromatic heterocycles. The largest absolute Gasteiger partial charge is 0.436 e. The van der Waals surface area contributed by atoms with Crippen molar-refractivity contribution in [1.29, 1.82) is 0 Å². The van der Waals surface area contributed by atoms with Crippen molar-refractivity contribution in [3.8, 4) is 11.6 Å². The molecule has 0 atom stereocenters. The summed E-state index contributed by atoms with van der Waals surface area (Å²) in [6.07, 6.45) is -4.65. The van der Waals surface area contributed by atoms with Crippen LogP contribution in [0.2, 0.25) is 10.0 Å². The number of ether oxygens (including phenoxy) is 1. The van der Waals surface area contributed by atoms with Crippen molar-refractivity contribution in [2.75, 3.05) is 4.90 Å². The van der Waals surface area contributed by atoms with E-state index in [1.807, 2.05) is 0 Å². The van der Waals surface area contributed by atoms with E-state index in [1.54, 1.807) is 12.1 Å². The molecule has 152 valence electrons. The molecule has 2 aromatic carbocycles.